The molecule has 1 atom stereocenters. The number of hydrogen-bond acceptors (Lipinski definition) is 2. The third kappa shape index (κ3) is 4.30. The Balaban J connectivity index is 2.66. The van der Waals surface area contributed by atoms with Crippen LogP contribution in [0.25, 0.3) is 0 Å². The van der Waals surface area contributed by atoms with Crippen LogP contribution >= 0.6 is 11.6 Å². The zero-order valence-electron chi connectivity index (χ0n) is 11.7. The number of pyridine rings is 1. The summed E-state index contributed by atoms with van der Waals surface area (Å²) >= 11 is 5.84. The summed E-state index contributed by atoms with van der Waals surface area (Å²) in [7, 11) is 0. The van der Waals surface area contributed by atoms with E-state index in [0.717, 1.165) is 5.69 Å². The van der Waals surface area contributed by atoms with Gasteiger partial charge in [0.1, 0.15) is 5.15 Å². The molecule has 0 spiro atoms. The monoisotopic (exact) mass is 268 g/mol. The van der Waals surface area contributed by atoms with Crippen molar-refractivity contribution in [2.24, 2.45) is 11.3 Å². The minimum Gasteiger partial charge on any atom is -0.352 e. The van der Waals surface area contributed by atoms with Gasteiger partial charge in [0, 0.05) is 17.8 Å². The first kappa shape index (κ1) is 15.0. The standard InChI is InChI=1S/C14H21ClN2O/c1-9(14(3,4)5)8-16-13(18)11-6-10(2)17-12(15)7-11/h6-7,9H,8H2,1-5H3,(H,16,18). The third-order valence-electron chi connectivity index (χ3n) is 3.23. The van der Waals surface area contributed by atoms with Crippen molar-refractivity contribution in [2.45, 2.75) is 34.6 Å². The summed E-state index contributed by atoms with van der Waals surface area (Å²) < 4.78 is 0. The summed E-state index contributed by atoms with van der Waals surface area (Å²) in [5, 5.41) is 3.29. The van der Waals surface area contributed by atoms with Gasteiger partial charge in [-0.1, -0.05) is 39.3 Å². The Hall–Kier alpha value is -1.09. The van der Waals surface area contributed by atoms with Gasteiger partial charge in [-0.15, -0.1) is 0 Å². The summed E-state index contributed by atoms with van der Waals surface area (Å²) in [6, 6.07) is 3.33. The molecule has 0 aliphatic carbocycles. The highest BCUT2D eigenvalue weighted by atomic mass is 35.5. The van der Waals surface area contributed by atoms with E-state index >= 15 is 0 Å². The van der Waals surface area contributed by atoms with Gasteiger partial charge < -0.3 is 5.32 Å². The number of halogens is 1. The van der Waals surface area contributed by atoms with E-state index in [0.29, 0.717) is 23.2 Å². The molecule has 1 heterocycles. The first-order valence-corrected chi connectivity index (χ1v) is 6.50. The molecule has 0 fully saturated rings. The molecule has 4 heteroatoms. The van der Waals surface area contributed by atoms with E-state index in [1.54, 1.807) is 12.1 Å². The molecule has 3 nitrogen and oxygen atoms in total. The van der Waals surface area contributed by atoms with E-state index in [1.807, 2.05) is 6.92 Å². The van der Waals surface area contributed by atoms with Gasteiger partial charge in [-0.3, -0.25) is 4.79 Å². The summed E-state index contributed by atoms with van der Waals surface area (Å²) in [6.45, 7) is 11.1. The number of carbonyl (C=O) groups is 1. The van der Waals surface area contributed by atoms with Crippen LogP contribution in [0.1, 0.15) is 43.7 Å². The lowest BCUT2D eigenvalue weighted by Crippen LogP contribution is -2.33. The number of amides is 1. The van der Waals surface area contributed by atoms with Crippen LogP contribution in [0.5, 0.6) is 0 Å². The molecule has 0 saturated carbocycles. The average Bonchev–Trinajstić information content (AvgIpc) is 2.22. The smallest absolute Gasteiger partial charge is 0.251 e. The van der Waals surface area contributed by atoms with Gasteiger partial charge in [0.25, 0.3) is 5.91 Å². The molecule has 1 amide bonds. The highest BCUT2D eigenvalue weighted by Gasteiger charge is 2.20. The normalized spacial score (nSPS) is 13.2. The van der Waals surface area contributed by atoms with Gasteiger partial charge in [0.2, 0.25) is 0 Å². The molecule has 0 aliphatic heterocycles. The number of nitrogens with zero attached hydrogens (tertiary/aromatic N) is 1. The van der Waals surface area contributed by atoms with Crippen molar-refractivity contribution >= 4 is 17.5 Å². The second-order valence-electron chi connectivity index (χ2n) is 5.80. The summed E-state index contributed by atoms with van der Waals surface area (Å²) in [4.78, 5) is 16.0. The molecule has 0 saturated heterocycles. The van der Waals surface area contributed by atoms with Crippen LogP contribution in [0.4, 0.5) is 0 Å². The Kier molecular flexibility index (Phi) is 4.74. The van der Waals surface area contributed by atoms with Crippen LogP contribution in [0.3, 0.4) is 0 Å². The maximum atomic E-state index is 12.0. The summed E-state index contributed by atoms with van der Waals surface area (Å²) in [5.74, 6) is 0.304. The molecular weight excluding hydrogens is 248 g/mol. The second-order valence-corrected chi connectivity index (χ2v) is 6.18. The molecule has 100 valence electrons. The maximum absolute atomic E-state index is 12.0. The summed E-state index contributed by atoms with van der Waals surface area (Å²) in [6.07, 6.45) is 0. The molecule has 0 radical (unpaired) electrons. The van der Waals surface area contributed by atoms with Crippen molar-refractivity contribution in [1.29, 1.82) is 0 Å². The number of hydrogen-bond donors (Lipinski definition) is 1. The number of rotatable bonds is 3. The fourth-order valence-corrected chi connectivity index (χ4v) is 1.66. The van der Waals surface area contributed by atoms with E-state index in [2.05, 4.69) is 38.0 Å². The predicted molar refractivity (Wildman–Crippen MR) is 74.9 cm³/mol. The molecule has 18 heavy (non-hydrogen) atoms. The van der Waals surface area contributed by atoms with Crippen molar-refractivity contribution in [3.63, 3.8) is 0 Å². The fourth-order valence-electron chi connectivity index (χ4n) is 1.41. The summed E-state index contributed by atoms with van der Waals surface area (Å²) in [5.41, 5.74) is 1.49. The van der Waals surface area contributed by atoms with Crippen LogP contribution in [0, 0.1) is 18.3 Å². The van der Waals surface area contributed by atoms with Gasteiger partial charge in [-0.2, -0.15) is 0 Å². The number of aromatic nitrogens is 1. The van der Waals surface area contributed by atoms with Gasteiger partial charge in [-0.25, -0.2) is 4.98 Å². The number of carbonyl (C=O) groups excluding carboxylic acids is 1. The highest BCUT2D eigenvalue weighted by Crippen LogP contribution is 2.24. The van der Waals surface area contributed by atoms with Crippen LogP contribution in [0.15, 0.2) is 12.1 Å². The van der Waals surface area contributed by atoms with E-state index in [9.17, 15) is 4.79 Å². The second kappa shape index (κ2) is 5.70. The molecule has 1 rings (SSSR count). The Morgan fingerprint density at radius 3 is 2.56 bits per heavy atom. The van der Waals surface area contributed by atoms with Crippen molar-refractivity contribution in [3.8, 4) is 0 Å². The molecule has 1 unspecified atom stereocenters. The van der Waals surface area contributed by atoms with Crippen LogP contribution in [-0.2, 0) is 0 Å². The molecule has 0 aliphatic rings. The molecular formula is C14H21ClN2O. The Labute approximate surface area is 114 Å². The fraction of sp³-hybridized carbons (Fsp3) is 0.571. The minimum atomic E-state index is -0.0986. The van der Waals surface area contributed by atoms with E-state index in [4.69, 9.17) is 11.6 Å². The molecule has 1 aromatic rings. The Morgan fingerprint density at radius 1 is 1.44 bits per heavy atom. The van der Waals surface area contributed by atoms with E-state index < -0.39 is 0 Å². The van der Waals surface area contributed by atoms with Crippen molar-refractivity contribution in [3.05, 3.63) is 28.5 Å². The first-order valence-electron chi connectivity index (χ1n) is 6.12. The topological polar surface area (TPSA) is 42.0 Å². The Bertz CT molecular complexity index is 418. The van der Waals surface area contributed by atoms with Gasteiger partial charge >= 0.3 is 0 Å². The van der Waals surface area contributed by atoms with Crippen molar-refractivity contribution < 1.29 is 4.79 Å². The van der Waals surface area contributed by atoms with Gasteiger partial charge in [0.15, 0.2) is 0 Å². The highest BCUT2D eigenvalue weighted by molar-refractivity contribution is 6.29. The largest absolute Gasteiger partial charge is 0.352 e. The van der Waals surface area contributed by atoms with Crippen molar-refractivity contribution in [2.75, 3.05) is 6.54 Å². The lowest BCUT2D eigenvalue weighted by molar-refractivity contribution is 0.0937. The molecule has 1 N–H and O–H groups in total. The van der Waals surface area contributed by atoms with Crippen LogP contribution in [-0.4, -0.2) is 17.4 Å². The zero-order valence-corrected chi connectivity index (χ0v) is 12.4. The van der Waals surface area contributed by atoms with Crippen molar-refractivity contribution in [1.82, 2.24) is 10.3 Å². The Morgan fingerprint density at radius 2 is 2.06 bits per heavy atom. The average molecular weight is 269 g/mol. The van der Waals surface area contributed by atoms with E-state index in [1.165, 1.54) is 0 Å². The van der Waals surface area contributed by atoms with Crippen LogP contribution < -0.4 is 5.32 Å². The third-order valence-corrected chi connectivity index (χ3v) is 3.43. The lowest BCUT2D eigenvalue weighted by Gasteiger charge is -2.27. The molecule has 0 aromatic carbocycles. The first-order chi connectivity index (χ1) is 8.20. The van der Waals surface area contributed by atoms with Gasteiger partial charge in [-0.05, 0) is 30.4 Å². The predicted octanol–water partition coefficient (Wildman–Crippen LogP) is 3.46. The quantitative estimate of drug-likeness (QED) is 0.853. The maximum Gasteiger partial charge on any atom is 0.251 e. The number of aryl methyl sites for hydroxylation is 1. The van der Waals surface area contributed by atoms with E-state index in [-0.39, 0.29) is 11.3 Å². The molecule has 0 bridgehead atoms. The zero-order chi connectivity index (χ0) is 13.9. The number of nitrogens with one attached hydrogen (secondary N) is 1. The minimum absolute atomic E-state index is 0.0986. The molecule has 1 aromatic heterocycles. The lowest BCUT2D eigenvalue weighted by atomic mass is 9.82. The van der Waals surface area contributed by atoms with Crippen LogP contribution in [0.2, 0.25) is 5.15 Å². The van der Waals surface area contributed by atoms with Gasteiger partial charge in [0.05, 0.1) is 0 Å². The SMILES string of the molecule is Cc1cc(C(=O)NCC(C)C(C)(C)C)cc(Cl)n1.